The molecule has 73 heavy (non-hydrogen) atoms. The monoisotopic (exact) mass is 998 g/mol. The number of nitrogens with one attached hydrogen (secondary N) is 6. The zero-order valence-corrected chi connectivity index (χ0v) is 41.9. The summed E-state index contributed by atoms with van der Waals surface area (Å²) in [6, 6.07) is 20.3. The molecule has 2 fully saturated rings. The Bertz CT molecular complexity index is 2570. The van der Waals surface area contributed by atoms with E-state index < -0.39 is 71.7 Å². The quantitative estimate of drug-likeness (QED) is 0.0380. The number of rotatable bonds is 26. The fourth-order valence-corrected chi connectivity index (χ4v) is 10.4. The van der Waals surface area contributed by atoms with Crippen LogP contribution in [0.15, 0.2) is 104 Å². The van der Waals surface area contributed by atoms with Crippen molar-refractivity contribution in [3.63, 3.8) is 0 Å². The van der Waals surface area contributed by atoms with Crippen LogP contribution >= 0.6 is 0 Å². The number of para-hydroxylation sites is 1. The zero-order valence-electron chi connectivity index (χ0n) is 41.9. The molecule has 0 radical (unpaired) electrons. The first-order valence-electron chi connectivity index (χ1n) is 26.3. The van der Waals surface area contributed by atoms with Gasteiger partial charge in [-0.05, 0) is 66.8 Å². The van der Waals surface area contributed by atoms with Gasteiger partial charge in [0.1, 0.15) is 30.2 Å². The Labute approximate surface area is 428 Å². The maximum Gasteiger partial charge on any atom is 0.243 e. The largest absolute Gasteiger partial charge is 0.368 e. The maximum absolute atomic E-state index is 14.9. The van der Waals surface area contributed by atoms with Gasteiger partial charge >= 0.3 is 0 Å². The average Bonchev–Trinajstić information content (AvgIpc) is 4.03. The molecule has 2 aromatic heterocycles. The summed E-state index contributed by atoms with van der Waals surface area (Å²) in [5.41, 5.74) is 21.9. The first-order chi connectivity index (χ1) is 35.4. The lowest BCUT2D eigenvalue weighted by atomic mass is 9.83. The fourth-order valence-electron chi connectivity index (χ4n) is 10.4. The summed E-state index contributed by atoms with van der Waals surface area (Å²) < 4.78 is 1.89. The van der Waals surface area contributed by atoms with Crippen LogP contribution in [0.2, 0.25) is 0 Å². The second kappa shape index (κ2) is 27.3. The zero-order chi connectivity index (χ0) is 51.5. The van der Waals surface area contributed by atoms with E-state index in [-0.39, 0.29) is 31.1 Å². The molecule has 2 heterocycles. The lowest BCUT2D eigenvalue weighted by Crippen LogP contribution is -2.60. The number of H-pyrrole nitrogens is 1. The van der Waals surface area contributed by atoms with Crippen molar-refractivity contribution in [2.75, 3.05) is 6.54 Å². The first-order valence-corrected chi connectivity index (χ1v) is 26.3. The van der Waals surface area contributed by atoms with E-state index in [2.05, 4.69) is 36.6 Å². The summed E-state index contributed by atoms with van der Waals surface area (Å²) >= 11 is 0. The van der Waals surface area contributed by atoms with E-state index in [0.29, 0.717) is 44.5 Å². The van der Waals surface area contributed by atoms with E-state index in [9.17, 15) is 28.8 Å². The molecule has 0 saturated heterocycles. The lowest BCUT2D eigenvalue weighted by Gasteiger charge is -2.31. The van der Waals surface area contributed by atoms with Crippen molar-refractivity contribution in [3.05, 3.63) is 126 Å². The van der Waals surface area contributed by atoms with E-state index in [4.69, 9.17) is 17.2 Å². The number of hydrogen-bond acceptors (Lipinski definition) is 9. The number of hydrogen-bond donors (Lipinski definition) is 9. The van der Waals surface area contributed by atoms with Crippen LogP contribution in [-0.2, 0) is 54.6 Å². The fraction of sp³-hybridized carbons (Fsp3) is 0.482. The molecule has 0 aliphatic heterocycles. The van der Waals surface area contributed by atoms with Crippen molar-refractivity contribution < 1.29 is 28.8 Å². The molecule has 17 nitrogen and oxygen atoms in total. The van der Waals surface area contributed by atoms with Crippen molar-refractivity contribution in [2.45, 2.75) is 152 Å². The van der Waals surface area contributed by atoms with Crippen LogP contribution in [0.25, 0.3) is 10.9 Å². The molecular weight excluding hydrogens is 923 g/mol. The number of fused-ring (bicyclic) bond motifs is 1. The van der Waals surface area contributed by atoms with Crippen LogP contribution in [0.1, 0.15) is 112 Å². The van der Waals surface area contributed by atoms with Gasteiger partial charge in [0, 0.05) is 49.1 Å². The molecule has 0 bridgehead atoms. The minimum Gasteiger partial charge on any atom is -0.368 e. The number of aromatic amines is 1. The van der Waals surface area contributed by atoms with Crippen molar-refractivity contribution in [3.8, 4) is 0 Å². The lowest BCUT2D eigenvalue weighted by molar-refractivity contribution is -0.135. The highest BCUT2D eigenvalue weighted by Gasteiger charge is 2.36. The third-order valence-corrected chi connectivity index (χ3v) is 14.5. The molecular formula is C56H75N11O6. The van der Waals surface area contributed by atoms with Crippen molar-refractivity contribution in [1.82, 2.24) is 41.1 Å². The van der Waals surface area contributed by atoms with Gasteiger partial charge < -0.3 is 53.3 Å². The second-order valence-corrected chi connectivity index (χ2v) is 20.2. The minimum atomic E-state index is -1.17. The number of nitrogens with two attached hydrogens (primary N) is 3. The molecule has 0 spiro atoms. The Morgan fingerprint density at radius 1 is 0.603 bits per heavy atom. The summed E-state index contributed by atoms with van der Waals surface area (Å²) in [5, 5.41) is 15.7. The van der Waals surface area contributed by atoms with Crippen LogP contribution in [0.3, 0.4) is 0 Å². The molecule has 2 aliphatic carbocycles. The van der Waals surface area contributed by atoms with Crippen LogP contribution in [0.4, 0.5) is 0 Å². The Hall–Kier alpha value is -6.85. The summed E-state index contributed by atoms with van der Waals surface area (Å²) in [6.07, 6.45) is 16.7. The number of primary amides is 1. The van der Waals surface area contributed by atoms with Gasteiger partial charge in [-0.25, -0.2) is 4.98 Å². The molecule has 5 aromatic rings. The molecule has 2 aliphatic rings. The number of amides is 6. The SMILES string of the molecule is NCCC[C@H](N)C(=O)N[C@H](Cc1c[nH]c2ccccc12)C(=O)N[C@@H](CC1CCCCC1)C(=O)N[C@@H](CC1CCCCC1)C(=O)N[C@H](Cc1ccccc1)C(=O)N[C@@H](Cc1cn(Cc2ccccc2)cn1)C(N)=O. The molecule has 390 valence electrons. The van der Waals surface area contributed by atoms with Gasteiger partial charge in [-0.3, -0.25) is 28.8 Å². The highest BCUT2D eigenvalue weighted by molar-refractivity contribution is 5.97. The van der Waals surface area contributed by atoms with Gasteiger partial charge in [0.2, 0.25) is 35.4 Å². The predicted molar refractivity (Wildman–Crippen MR) is 281 cm³/mol. The summed E-state index contributed by atoms with van der Waals surface area (Å²) in [5.74, 6) is -3.28. The average molecular weight is 998 g/mol. The van der Waals surface area contributed by atoms with Crippen molar-refractivity contribution in [2.24, 2.45) is 29.0 Å². The Morgan fingerprint density at radius 2 is 1.11 bits per heavy atom. The topological polar surface area (TPSA) is 274 Å². The standard InChI is InChI=1S/C56H75N11O6/c57-27-15-25-44(58)52(69)63-50(31-41-33-60-45-26-14-13-24-43(41)45)56(73)66-49(30-39-20-9-3-10-21-39)55(72)65-48(29-38-18-7-2-8-19-38)54(71)64-47(28-37-16-5-1-6-17-37)53(70)62-46(51(59)68)32-42-35-67(36-61-42)34-40-22-11-4-12-23-40/h1,4-6,11-14,16-17,22-24,26,33,35-36,38-39,44,46-50,60H,2-3,7-10,15,18-21,25,27-32,34,57-58H2,(H2,59,68)(H,62,70)(H,63,69)(H,64,71)(H,65,72)(H,66,73)/t44-,46-,47+,48-,49-,50+/m0/s1. The second-order valence-electron chi connectivity index (χ2n) is 20.2. The third kappa shape index (κ3) is 16.3. The highest BCUT2D eigenvalue weighted by atomic mass is 16.2. The molecule has 6 amide bonds. The Morgan fingerprint density at radius 3 is 1.70 bits per heavy atom. The smallest absolute Gasteiger partial charge is 0.243 e. The molecule has 6 atom stereocenters. The maximum atomic E-state index is 14.9. The summed E-state index contributed by atoms with van der Waals surface area (Å²) in [4.78, 5) is 93.0. The van der Waals surface area contributed by atoms with Gasteiger partial charge in [0.05, 0.1) is 18.1 Å². The van der Waals surface area contributed by atoms with E-state index in [0.717, 1.165) is 91.8 Å². The number of carbonyl (C=O) groups excluding carboxylic acids is 6. The number of benzene rings is 3. The van der Waals surface area contributed by atoms with E-state index in [1.807, 2.05) is 95.7 Å². The molecule has 0 unspecified atom stereocenters. The van der Waals surface area contributed by atoms with Crippen molar-refractivity contribution >= 4 is 46.3 Å². The Balaban J connectivity index is 1.12. The van der Waals surface area contributed by atoms with Crippen LogP contribution in [0.5, 0.6) is 0 Å². The van der Waals surface area contributed by atoms with Gasteiger partial charge in [-0.2, -0.15) is 0 Å². The molecule has 3 aromatic carbocycles. The summed E-state index contributed by atoms with van der Waals surface area (Å²) in [6.45, 7) is 0.924. The number of imidazole rings is 1. The van der Waals surface area contributed by atoms with E-state index >= 15 is 0 Å². The third-order valence-electron chi connectivity index (χ3n) is 14.5. The molecule has 17 heteroatoms. The first kappa shape index (κ1) is 53.9. The van der Waals surface area contributed by atoms with Crippen LogP contribution in [0, 0.1) is 11.8 Å². The number of nitrogens with zero attached hydrogens (tertiary/aromatic N) is 2. The molecule has 7 rings (SSSR count). The van der Waals surface area contributed by atoms with Crippen LogP contribution < -0.4 is 43.8 Å². The van der Waals surface area contributed by atoms with Gasteiger partial charge in [-0.15, -0.1) is 0 Å². The molecule has 2 saturated carbocycles. The number of aromatic nitrogens is 3. The van der Waals surface area contributed by atoms with E-state index in [1.54, 1.807) is 12.5 Å². The number of carbonyl (C=O) groups is 6. The normalized spacial score (nSPS) is 16.8. The van der Waals surface area contributed by atoms with Crippen LogP contribution in [-0.4, -0.2) is 92.8 Å². The summed E-state index contributed by atoms with van der Waals surface area (Å²) in [7, 11) is 0. The predicted octanol–water partition coefficient (Wildman–Crippen LogP) is 4.36. The minimum absolute atomic E-state index is 0.0245. The van der Waals surface area contributed by atoms with Gasteiger partial charge in [-0.1, -0.05) is 143 Å². The van der Waals surface area contributed by atoms with Gasteiger partial charge in [0.25, 0.3) is 0 Å². The highest BCUT2D eigenvalue weighted by Crippen LogP contribution is 2.30. The van der Waals surface area contributed by atoms with Gasteiger partial charge in [0.15, 0.2) is 0 Å². The van der Waals surface area contributed by atoms with E-state index in [1.165, 1.54) is 0 Å². The Kier molecular flexibility index (Phi) is 20.2. The van der Waals surface area contributed by atoms with Crippen molar-refractivity contribution in [1.29, 1.82) is 0 Å². The molecule has 12 N–H and O–H groups in total.